The third kappa shape index (κ3) is 2.24. The first-order chi connectivity index (χ1) is 9.16. The molecule has 0 amide bonds. The maximum Gasteiger partial charge on any atom is 0.151 e. The zero-order valence-electron chi connectivity index (χ0n) is 9.76. The molecule has 1 N–H and O–H groups in total. The van der Waals surface area contributed by atoms with Crippen molar-refractivity contribution in [2.45, 2.75) is 6.54 Å². The van der Waals surface area contributed by atoms with Crippen LogP contribution in [0.5, 0.6) is 0 Å². The van der Waals surface area contributed by atoms with E-state index in [2.05, 4.69) is 24.2 Å². The predicted octanol–water partition coefficient (Wildman–Crippen LogP) is 3.46. The van der Waals surface area contributed by atoms with E-state index in [4.69, 9.17) is 23.2 Å². The molecule has 0 spiro atoms. The number of nitrogens with zero attached hydrogens (tertiary/aromatic N) is 5. The summed E-state index contributed by atoms with van der Waals surface area (Å²) in [4.78, 5) is 0. The minimum absolute atomic E-state index is 0.491. The summed E-state index contributed by atoms with van der Waals surface area (Å²) in [6, 6.07) is 1.66. The van der Waals surface area contributed by atoms with Gasteiger partial charge in [0.05, 0.1) is 33.6 Å². The normalized spacial score (nSPS) is 12.4. The number of hydrogen-bond acceptors (Lipinski definition) is 5. The van der Waals surface area contributed by atoms with Crippen LogP contribution < -0.4 is 5.32 Å². The van der Waals surface area contributed by atoms with Crippen LogP contribution in [0.3, 0.4) is 0 Å². The highest BCUT2D eigenvalue weighted by molar-refractivity contribution is 7.58. The molecule has 3 rings (SSSR count). The smallest absolute Gasteiger partial charge is 0.151 e. The van der Waals surface area contributed by atoms with Gasteiger partial charge in [0, 0.05) is 7.05 Å². The highest BCUT2D eigenvalue weighted by atomic mass is 35.5. The summed E-state index contributed by atoms with van der Waals surface area (Å²) in [5.74, 6) is 0.794. The molecule has 19 heavy (non-hydrogen) atoms. The van der Waals surface area contributed by atoms with Crippen LogP contribution >= 0.6 is 23.2 Å². The van der Waals surface area contributed by atoms with Gasteiger partial charge in [-0.25, -0.2) is 0 Å². The highest BCUT2D eigenvalue weighted by Gasteiger charge is 2.18. The minimum atomic E-state index is 0.491. The van der Waals surface area contributed by atoms with E-state index in [1.807, 2.05) is 11.6 Å². The van der Waals surface area contributed by atoms with Crippen LogP contribution in [0.15, 0.2) is 21.1 Å². The van der Waals surface area contributed by atoms with Gasteiger partial charge in [0.25, 0.3) is 0 Å². The molecule has 9 heteroatoms. The van der Waals surface area contributed by atoms with Gasteiger partial charge in [-0.05, 0) is 6.07 Å². The first kappa shape index (κ1) is 12.6. The van der Waals surface area contributed by atoms with Crippen molar-refractivity contribution in [1.82, 2.24) is 14.8 Å². The summed E-state index contributed by atoms with van der Waals surface area (Å²) < 4.78 is 10.2. The Hall–Kier alpha value is -1.44. The molecule has 1 aliphatic heterocycles. The fourth-order valence-corrected chi connectivity index (χ4v) is 2.86. The van der Waals surface area contributed by atoms with Gasteiger partial charge in [-0.3, -0.25) is 0 Å². The van der Waals surface area contributed by atoms with Gasteiger partial charge >= 0.3 is 0 Å². The Labute approximate surface area is 122 Å². The monoisotopic (exact) mass is 314 g/mol. The maximum absolute atomic E-state index is 6.19. The topological polar surface area (TPSA) is 67.5 Å². The van der Waals surface area contributed by atoms with Crippen LogP contribution in [0.25, 0.3) is 0 Å². The van der Waals surface area contributed by atoms with Gasteiger partial charge in [0.2, 0.25) is 0 Å². The second-order valence-corrected chi connectivity index (χ2v) is 5.23. The molecule has 0 saturated carbocycles. The molecule has 1 aliphatic rings. The number of aromatic nitrogens is 3. The molecule has 0 atom stereocenters. The van der Waals surface area contributed by atoms with Crippen LogP contribution in [-0.4, -0.2) is 14.8 Å². The lowest BCUT2D eigenvalue weighted by Gasteiger charge is -2.11. The number of fused-ring (bicyclic) bond motifs is 1. The van der Waals surface area contributed by atoms with E-state index in [1.54, 1.807) is 12.4 Å². The van der Waals surface area contributed by atoms with Gasteiger partial charge in [0.15, 0.2) is 5.82 Å². The average Bonchev–Trinajstić information content (AvgIpc) is 2.98. The number of nitrogens with one attached hydrogen (secondary N) is 1. The van der Waals surface area contributed by atoms with Crippen LogP contribution in [0.2, 0.25) is 10.0 Å². The van der Waals surface area contributed by atoms with E-state index in [0.717, 1.165) is 17.2 Å². The van der Waals surface area contributed by atoms with Crippen molar-refractivity contribution < 1.29 is 0 Å². The number of rotatable bonds is 3. The number of aryl methyl sites for hydroxylation is 1. The summed E-state index contributed by atoms with van der Waals surface area (Å²) in [5, 5.41) is 12.0. The molecule has 0 unspecified atom stereocenters. The minimum Gasteiger partial charge on any atom is -0.375 e. The number of benzene rings is 1. The van der Waals surface area contributed by atoms with Crippen molar-refractivity contribution in [2.24, 2.45) is 15.8 Å². The first-order valence-electron chi connectivity index (χ1n) is 5.34. The van der Waals surface area contributed by atoms with Crippen LogP contribution in [0.4, 0.5) is 17.1 Å². The van der Waals surface area contributed by atoms with Crippen molar-refractivity contribution in [2.75, 3.05) is 5.32 Å². The summed E-state index contributed by atoms with van der Waals surface area (Å²) in [5.41, 5.74) is 2.03. The van der Waals surface area contributed by atoms with Crippen molar-refractivity contribution in [3.8, 4) is 0 Å². The molecule has 0 bridgehead atoms. The van der Waals surface area contributed by atoms with Crippen LogP contribution in [-0.2, 0) is 24.9 Å². The molecule has 0 saturated heterocycles. The molecular weight excluding hydrogens is 307 g/mol. The van der Waals surface area contributed by atoms with Crippen molar-refractivity contribution in [1.29, 1.82) is 0 Å². The van der Waals surface area contributed by atoms with Crippen LogP contribution in [0.1, 0.15) is 5.82 Å². The average molecular weight is 315 g/mol. The Morgan fingerprint density at radius 3 is 2.79 bits per heavy atom. The summed E-state index contributed by atoms with van der Waals surface area (Å²) in [7, 11) is 1.88. The van der Waals surface area contributed by atoms with Crippen molar-refractivity contribution >= 4 is 51.6 Å². The van der Waals surface area contributed by atoms with Gasteiger partial charge in [-0.2, -0.15) is 8.73 Å². The van der Waals surface area contributed by atoms with E-state index in [9.17, 15) is 0 Å². The lowest BCUT2D eigenvalue weighted by atomic mass is 10.2. The Morgan fingerprint density at radius 1 is 1.26 bits per heavy atom. The Kier molecular flexibility index (Phi) is 3.26. The molecule has 0 radical (unpaired) electrons. The third-order valence-electron chi connectivity index (χ3n) is 2.67. The summed E-state index contributed by atoms with van der Waals surface area (Å²) in [6.07, 6.45) is 1.64. The molecule has 2 aromatic rings. The zero-order valence-corrected chi connectivity index (χ0v) is 12.1. The van der Waals surface area contributed by atoms with Crippen LogP contribution in [0, 0.1) is 0 Å². The highest BCUT2D eigenvalue weighted by Crippen LogP contribution is 2.47. The SMILES string of the molecule is Cn1cnnc1CNc1c(Cl)cc(Cl)c2c1N=S=N2. The van der Waals surface area contributed by atoms with E-state index in [-0.39, 0.29) is 0 Å². The first-order valence-corrected chi connectivity index (χ1v) is 6.82. The van der Waals surface area contributed by atoms with Crippen molar-refractivity contribution in [3.63, 3.8) is 0 Å². The van der Waals surface area contributed by atoms with Gasteiger partial charge in [-0.1, -0.05) is 23.2 Å². The molecule has 2 heterocycles. The molecule has 0 aliphatic carbocycles. The van der Waals surface area contributed by atoms with Gasteiger partial charge < -0.3 is 9.88 Å². The van der Waals surface area contributed by atoms with E-state index in [0.29, 0.717) is 33.7 Å². The number of hydrogen-bond donors (Lipinski definition) is 1. The van der Waals surface area contributed by atoms with Crippen molar-refractivity contribution in [3.05, 3.63) is 28.3 Å². The van der Waals surface area contributed by atoms with E-state index < -0.39 is 0 Å². The predicted molar refractivity (Wildman–Crippen MR) is 76.3 cm³/mol. The Balaban J connectivity index is 1.92. The lowest BCUT2D eigenvalue weighted by molar-refractivity contribution is 0.812. The molecule has 1 aromatic carbocycles. The fourth-order valence-electron chi connectivity index (χ4n) is 1.68. The Morgan fingerprint density at radius 2 is 2.05 bits per heavy atom. The summed E-state index contributed by atoms with van der Waals surface area (Å²) in [6.45, 7) is 0.491. The maximum atomic E-state index is 6.19. The zero-order chi connectivity index (χ0) is 13.4. The molecule has 6 nitrogen and oxygen atoms in total. The second kappa shape index (κ2) is 4.92. The molecule has 1 aromatic heterocycles. The fraction of sp³-hybridized carbons (Fsp3) is 0.200. The van der Waals surface area contributed by atoms with Gasteiger partial charge in [-0.15, -0.1) is 10.2 Å². The number of halogens is 2. The largest absolute Gasteiger partial charge is 0.375 e. The Bertz CT molecular complexity index is 719. The summed E-state index contributed by atoms with van der Waals surface area (Å²) >= 11 is 13.4. The molecular formula is C10H8Cl2N6S. The lowest BCUT2D eigenvalue weighted by Crippen LogP contribution is -2.06. The van der Waals surface area contributed by atoms with E-state index >= 15 is 0 Å². The second-order valence-electron chi connectivity index (χ2n) is 3.89. The quantitative estimate of drug-likeness (QED) is 0.805. The van der Waals surface area contributed by atoms with E-state index in [1.165, 1.54) is 0 Å². The standard InChI is InChI=1S/C10H8Cl2N6S/c1-18-4-14-15-7(18)3-13-8-5(11)2-6(12)9-10(8)17-19-16-9/h2,4,13H,3H2,1H3. The van der Waals surface area contributed by atoms with Gasteiger partial charge in [0.1, 0.15) is 17.7 Å². The molecule has 98 valence electrons. The number of anilines is 1. The molecule has 0 fully saturated rings. The third-order valence-corrected chi connectivity index (χ3v) is 3.79.